The van der Waals surface area contributed by atoms with Crippen molar-refractivity contribution in [2.45, 2.75) is 0 Å². The molecule has 0 aliphatic heterocycles. The molecule has 0 saturated heterocycles. The molecule has 5 heteroatoms. The van der Waals surface area contributed by atoms with Crippen molar-refractivity contribution in [3.8, 4) is 22.9 Å². The second-order valence-corrected chi connectivity index (χ2v) is 12.6. The maximum atomic E-state index is 6.32. The summed E-state index contributed by atoms with van der Waals surface area (Å²) in [5.41, 5.74) is 10.0. The van der Waals surface area contributed by atoms with Crippen molar-refractivity contribution in [2.75, 3.05) is 0 Å². The number of hydrogen-bond donors (Lipinski definition) is 0. The average Bonchev–Trinajstić information content (AvgIpc) is 3.82. The van der Waals surface area contributed by atoms with Gasteiger partial charge in [-0.1, -0.05) is 103 Å². The first-order valence-electron chi connectivity index (χ1n) is 16.5. The van der Waals surface area contributed by atoms with E-state index in [9.17, 15) is 0 Å². The predicted octanol–water partition coefficient (Wildman–Crippen LogP) is 11.4. The molecule has 0 aliphatic carbocycles. The van der Waals surface area contributed by atoms with Gasteiger partial charge in [-0.3, -0.25) is 4.57 Å². The lowest BCUT2D eigenvalue weighted by molar-refractivity contribution is 0.669. The second-order valence-electron chi connectivity index (χ2n) is 12.6. The second kappa shape index (κ2) is 9.89. The minimum atomic E-state index is 0.633. The Kier molecular flexibility index (Phi) is 5.32. The van der Waals surface area contributed by atoms with Gasteiger partial charge < -0.3 is 8.98 Å². The average molecular weight is 627 g/mol. The highest BCUT2D eigenvalue weighted by molar-refractivity contribution is 6.26. The molecular weight excluding hydrogens is 601 g/mol. The topological polar surface area (TPSA) is 48.8 Å². The van der Waals surface area contributed by atoms with Gasteiger partial charge in [0.05, 0.1) is 33.3 Å². The van der Waals surface area contributed by atoms with Gasteiger partial charge >= 0.3 is 0 Å². The molecule has 49 heavy (non-hydrogen) atoms. The third-order valence-corrected chi connectivity index (χ3v) is 9.93. The zero-order valence-corrected chi connectivity index (χ0v) is 26.2. The molecule has 228 valence electrons. The van der Waals surface area contributed by atoms with Crippen molar-refractivity contribution >= 4 is 76.5 Å². The van der Waals surface area contributed by atoms with Crippen LogP contribution < -0.4 is 0 Å². The molecule has 11 aromatic rings. The van der Waals surface area contributed by atoms with Crippen molar-refractivity contribution < 1.29 is 4.42 Å². The summed E-state index contributed by atoms with van der Waals surface area (Å²) in [6.45, 7) is 0. The summed E-state index contributed by atoms with van der Waals surface area (Å²) in [7, 11) is 0. The molecule has 0 unspecified atom stereocenters. The van der Waals surface area contributed by atoms with Crippen LogP contribution in [0.5, 0.6) is 0 Å². The molecule has 0 N–H and O–H groups in total. The van der Waals surface area contributed by atoms with Crippen LogP contribution >= 0.6 is 0 Å². The zero-order valence-electron chi connectivity index (χ0n) is 26.2. The lowest BCUT2D eigenvalue weighted by Crippen LogP contribution is -2.03. The van der Waals surface area contributed by atoms with Crippen LogP contribution in [0.1, 0.15) is 0 Å². The Labute approximate surface area is 279 Å². The van der Waals surface area contributed by atoms with Gasteiger partial charge in [-0.15, -0.1) is 0 Å². The Bertz CT molecular complexity index is 3110. The highest BCUT2D eigenvalue weighted by Gasteiger charge is 2.23. The summed E-state index contributed by atoms with van der Waals surface area (Å²) in [6.07, 6.45) is 0. The van der Waals surface area contributed by atoms with Gasteiger partial charge in [0.25, 0.3) is 0 Å². The van der Waals surface area contributed by atoms with Crippen LogP contribution in [0.2, 0.25) is 0 Å². The Balaban J connectivity index is 1.27. The molecule has 4 heterocycles. The molecule has 5 nitrogen and oxygen atoms in total. The summed E-state index contributed by atoms with van der Waals surface area (Å²) in [5.74, 6) is 0.633. The fourth-order valence-corrected chi connectivity index (χ4v) is 7.83. The summed E-state index contributed by atoms with van der Waals surface area (Å²) in [5, 5.41) is 7.90. The molecule has 0 fully saturated rings. The number of benzene rings is 7. The summed E-state index contributed by atoms with van der Waals surface area (Å²) in [6, 6.07) is 55.3. The van der Waals surface area contributed by atoms with E-state index in [4.69, 9.17) is 14.4 Å². The first-order valence-corrected chi connectivity index (χ1v) is 16.5. The molecule has 11 rings (SSSR count). The third-order valence-electron chi connectivity index (χ3n) is 9.93. The molecule has 0 spiro atoms. The van der Waals surface area contributed by atoms with Gasteiger partial charge in [0.1, 0.15) is 11.2 Å². The number of hydrogen-bond acceptors (Lipinski definition) is 3. The molecular formula is C44H26N4O. The number of fused-ring (bicyclic) bond motifs is 11. The van der Waals surface area contributed by atoms with Crippen LogP contribution in [0.4, 0.5) is 0 Å². The normalized spacial score (nSPS) is 12.1. The number of para-hydroxylation sites is 5. The van der Waals surface area contributed by atoms with E-state index in [1.807, 2.05) is 18.2 Å². The van der Waals surface area contributed by atoms with E-state index in [0.29, 0.717) is 5.95 Å². The van der Waals surface area contributed by atoms with E-state index < -0.39 is 0 Å². The minimum absolute atomic E-state index is 0.633. The molecule has 0 aliphatic rings. The number of furan rings is 1. The van der Waals surface area contributed by atoms with E-state index in [1.54, 1.807) is 0 Å². The smallest absolute Gasteiger partial charge is 0.235 e. The molecule has 0 atom stereocenters. The van der Waals surface area contributed by atoms with Gasteiger partial charge in [-0.05, 0) is 54.6 Å². The molecule has 0 radical (unpaired) electrons. The maximum Gasteiger partial charge on any atom is 0.235 e. The molecule has 0 amide bonds. The van der Waals surface area contributed by atoms with Crippen molar-refractivity contribution in [3.05, 3.63) is 158 Å². The van der Waals surface area contributed by atoms with Crippen molar-refractivity contribution in [1.82, 2.24) is 19.1 Å². The molecule has 0 saturated carbocycles. The van der Waals surface area contributed by atoms with Crippen molar-refractivity contribution in [2.24, 2.45) is 0 Å². The van der Waals surface area contributed by atoms with Gasteiger partial charge in [0.15, 0.2) is 0 Å². The summed E-state index contributed by atoms with van der Waals surface area (Å²) < 4.78 is 11.0. The third kappa shape index (κ3) is 3.70. The lowest BCUT2D eigenvalue weighted by Gasteiger charge is -2.12. The van der Waals surface area contributed by atoms with Gasteiger partial charge in [0, 0.05) is 49.0 Å². The Morgan fingerprint density at radius 2 is 1.08 bits per heavy atom. The van der Waals surface area contributed by atoms with Crippen LogP contribution in [0, 0.1) is 0 Å². The van der Waals surface area contributed by atoms with Crippen LogP contribution in [0.25, 0.3) is 99.3 Å². The minimum Gasteiger partial charge on any atom is -0.456 e. The maximum absolute atomic E-state index is 6.32. The van der Waals surface area contributed by atoms with E-state index in [-0.39, 0.29) is 0 Å². The summed E-state index contributed by atoms with van der Waals surface area (Å²) >= 11 is 0. The Morgan fingerprint density at radius 1 is 0.429 bits per heavy atom. The van der Waals surface area contributed by atoms with Crippen LogP contribution in [0.3, 0.4) is 0 Å². The Morgan fingerprint density at radius 3 is 1.94 bits per heavy atom. The van der Waals surface area contributed by atoms with Gasteiger partial charge in [-0.2, -0.15) is 0 Å². The molecule has 0 bridgehead atoms. The van der Waals surface area contributed by atoms with E-state index in [1.165, 1.54) is 16.2 Å². The van der Waals surface area contributed by atoms with E-state index in [0.717, 1.165) is 77.2 Å². The van der Waals surface area contributed by atoms with Gasteiger partial charge in [-0.25, -0.2) is 9.97 Å². The number of nitrogens with zero attached hydrogens (tertiary/aromatic N) is 4. The number of aromatic nitrogens is 4. The Hall–Kier alpha value is -6.72. The van der Waals surface area contributed by atoms with Crippen molar-refractivity contribution in [3.63, 3.8) is 0 Å². The van der Waals surface area contributed by atoms with Crippen LogP contribution in [-0.2, 0) is 0 Å². The SMILES string of the molecule is c1ccc(-n2c3ccccc3c3c2ccc2c4ccccc4n(-c4nc(-c5ccc6c(c5)oc5ccccc56)c5ccccc5n4)c23)cc1. The number of rotatable bonds is 3. The van der Waals surface area contributed by atoms with Gasteiger partial charge in [0.2, 0.25) is 5.95 Å². The zero-order chi connectivity index (χ0) is 32.1. The van der Waals surface area contributed by atoms with Crippen molar-refractivity contribution in [1.29, 1.82) is 0 Å². The molecule has 7 aromatic carbocycles. The fourth-order valence-electron chi connectivity index (χ4n) is 7.83. The van der Waals surface area contributed by atoms with E-state index in [2.05, 4.69) is 149 Å². The fraction of sp³-hybridized carbons (Fsp3) is 0. The molecule has 4 aromatic heterocycles. The summed E-state index contributed by atoms with van der Waals surface area (Å²) in [4.78, 5) is 10.7. The highest BCUT2D eigenvalue weighted by Crippen LogP contribution is 2.42. The van der Waals surface area contributed by atoms with E-state index >= 15 is 0 Å². The first kappa shape index (κ1) is 26.4. The highest BCUT2D eigenvalue weighted by atomic mass is 16.3. The van der Waals surface area contributed by atoms with Crippen LogP contribution in [-0.4, -0.2) is 19.1 Å². The quantitative estimate of drug-likeness (QED) is 0.196. The first-order chi connectivity index (χ1) is 24.3. The standard InChI is InChI=1S/C44H26N4O/c1-2-12-28(13-3-1)47-37-20-10-6-17-34(37)41-38(47)25-24-32-29-14-5-9-19-36(29)48(43(32)41)44-45-35-18-8-4-16-33(35)42(46-44)27-22-23-31-30-15-7-11-21-39(30)49-40(31)26-27/h1-26H. The van der Waals surface area contributed by atoms with Crippen LogP contribution in [0.15, 0.2) is 162 Å². The predicted molar refractivity (Wildman–Crippen MR) is 201 cm³/mol. The lowest BCUT2D eigenvalue weighted by atomic mass is 10.0. The largest absolute Gasteiger partial charge is 0.456 e. The monoisotopic (exact) mass is 626 g/mol.